The van der Waals surface area contributed by atoms with Crippen LogP contribution in [-0.2, 0) is 23.7 Å². The lowest BCUT2D eigenvalue weighted by atomic mass is 9.97. The van der Waals surface area contributed by atoms with E-state index >= 15 is 0 Å². The molecule has 12 unspecified atom stereocenters. The standard InChI is InChI=1S/C71H131NO13/c1-3-5-7-9-11-13-15-17-18-19-20-21-22-23-24-25-26-27-28-29-30-31-32-33-34-35-36-37-38-39-40-41-42-43-45-47-49-51-53-55-63(76)72-59(60(75)54-52-50-48-46-44-16-14-12-10-8-6-4-2)58-82-70-68(81)66(79)69(62(57-74)84-70)85-71-67(80)65(78)64(77)61(56-73)83-71/h10,12,19-20,44,46,52,54,59-62,64-71,73-75,77-81H,3-9,11,13-18,21-43,45,47-51,53,55-58H2,1-2H3,(H,72,76)/b12-10+,20-19-,46-44+,54-52+. The van der Waals surface area contributed by atoms with Gasteiger partial charge in [0.25, 0.3) is 0 Å². The zero-order valence-electron chi connectivity index (χ0n) is 54.1. The maximum absolute atomic E-state index is 13.3. The molecule has 1 amide bonds. The van der Waals surface area contributed by atoms with Crippen molar-refractivity contribution in [1.82, 2.24) is 5.32 Å². The van der Waals surface area contributed by atoms with Crippen LogP contribution in [0, 0.1) is 0 Å². The monoisotopic (exact) mass is 1210 g/mol. The molecule has 9 N–H and O–H groups in total. The molecule has 0 aromatic rings. The molecular formula is C71H131NO13. The molecule has 2 aliphatic heterocycles. The van der Waals surface area contributed by atoms with E-state index in [1.807, 2.05) is 6.08 Å². The zero-order chi connectivity index (χ0) is 61.6. The number of allylic oxidation sites excluding steroid dienone is 7. The molecule has 2 saturated heterocycles. The second kappa shape index (κ2) is 56.0. The van der Waals surface area contributed by atoms with Crippen molar-refractivity contribution < 1.29 is 64.6 Å². The second-order valence-corrected chi connectivity index (χ2v) is 25.0. The largest absolute Gasteiger partial charge is 0.394 e. The quantitative estimate of drug-likeness (QED) is 0.0204. The van der Waals surface area contributed by atoms with Gasteiger partial charge in [0.05, 0.1) is 32.0 Å². The number of aliphatic hydroxyl groups excluding tert-OH is 8. The van der Waals surface area contributed by atoms with E-state index in [0.717, 1.165) is 44.9 Å². The molecule has 0 aromatic carbocycles. The minimum Gasteiger partial charge on any atom is -0.394 e. The molecule has 14 nitrogen and oxygen atoms in total. The number of rotatable bonds is 58. The van der Waals surface area contributed by atoms with Gasteiger partial charge in [-0.25, -0.2) is 0 Å². The topological polar surface area (TPSA) is 228 Å². The number of amides is 1. The molecule has 2 aliphatic rings. The Hall–Kier alpha value is -2.05. The number of carbonyl (C=O) groups is 1. The van der Waals surface area contributed by atoms with E-state index in [2.05, 4.69) is 55.6 Å². The molecule has 2 fully saturated rings. The molecule has 85 heavy (non-hydrogen) atoms. The van der Waals surface area contributed by atoms with Crippen molar-refractivity contribution in [2.75, 3.05) is 19.8 Å². The van der Waals surface area contributed by atoms with Crippen LogP contribution >= 0.6 is 0 Å². The number of hydrogen-bond donors (Lipinski definition) is 9. The van der Waals surface area contributed by atoms with Gasteiger partial charge in [-0.15, -0.1) is 0 Å². The summed E-state index contributed by atoms with van der Waals surface area (Å²) in [7, 11) is 0. The number of nitrogens with one attached hydrogen (secondary N) is 1. The molecular weight excluding hydrogens is 1070 g/mol. The van der Waals surface area contributed by atoms with Gasteiger partial charge in [-0.05, 0) is 64.2 Å². The Balaban J connectivity index is 1.54. The molecule has 14 heteroatoms. The number of hydrogen-bond acceptors (Lipinski definition) is 13. The number of unbranched alkanes of at least 4 members (excludes halogenated alkanes) is 39. The van der Waals surface area contributed by atoms with Gasteiger partial charge in [0.1, 0.15) is 48.8 Å². The van der Waals surface area contributed by atoms with E-state index in [-0.39, 0.29) is 18.9 Å². The molecule has 0 aromatic heterocycles. The fourth-order valence-corrected chi connectivity index (χ4v) is 11.5. The summed E-state index contributed by atoms with van der Waals surface area (Å²) in [5.41, 5.74) is 0. The van der Waals surface area contributed by atoms with Gasteiger partial charge < -0.3 is 65.1 Å². The number of ether oxygens (including phenoxy) is 4. The highest BCUT2D eigenvalue weighted by atomic mass is 16.7. The Morgan fingerprint density at radius 3 is 1.19 bits per heavy atom. The van der Waals surface area contributed by atoms with E-state index in [9.17, 15) is 45.6 Å². The first kappa shape index (κ1) is 79.0. The average molecular weight is 1210 g/mol. The van der Waals surface area contributed by atoms with Crippen LogP contribution in [0.4, 0.5) is 0 Å². The van der Waals surface area contributed by atoms with E-state index in [1.54, 1.807) is 6.08 Å². The van der Waals surface area contributed by atoms with Gasteiger partial charge in [0.15, 0.2) is 12.6 Å². The predicted molar refractivity (Wildman–Crippen MR) is 346 cm³/mol. The number of aliphatic hydroxyl groups is 8. The highest BCUT2D eigenvalue weighted by Gasteiger charge is 2.51. The van der Waals surface area contributed by atoms with E-state index in [4.69, 9.17) is 18.9 Å². The van der Waals surface area contributed by atoms with Crippen molar-refractivity contribution in [3.8, 4) is 0 Å². The van der Waals surface area contributed by atoms with Gasteiger partial charge in [-0.1, -0.05) is 281 Å². The smallest absolute Gasteiger partial charge is 0.220 e. The summed E-state index contributed by atoms with van der Waals surface area (Å²) in [6, 6.07) is -0.936. The van der Waals surface area contributed by atoms with Gasteiger partial charge in [-0.3, -0.25) is 4.79 Å². The Morgan fingerprint density at radius 1 is 0.412 bits per heavy atom. The van der Waals surface area contributed by atoms with Crippen molar-refractivity contribution >= 4 is 5.91 Å². The normalized spacial score (nSPS) is 23.8. The van der Waals surface area contributed by atoms with Crippen LogP contribution in [0.25, 0.3) is 0 Å². The molecule has 0 radical (unpaired) electrons. The van der Waals surface area contributed by atoms with Crippen LogP contribution in [0.2, 0.25) is 0 Å². The van der Waals surface area contributed by atoms with Crippen LogP contribution in [0.3, 0.4) is 0 Å². The van der Waals surface area contributed by atoms with Gasteiger partial charge >= 0.3 is 0 Å². The lowest BCUT2D eigenvalue weighted by Crippen LogP contribution is -2.65. The third-order valence-electron chi connectivity index (χ3n) is 17.2. The van der Waals surface area contributed by atoms with Crippen LogP contribution in [-0.4, -0.2) is 140 Å². The fourth-order valence-electron chi connectivity index (χ4n) is 11.5. The summed E-state index contributed by atoms with van der Waals surface area (Å²) in [6.45, 7) is 2.74. The summed E-state index contributed by atoms with van der Waals surface area (Å²) in [4.78, 5) is 13.3. The molecule has 0 spiro atoms. The fraction of sp³-hybridized carbons (Fsp3) is 0.873. The summed E-state index contributed by atoms with van der Waals surface area (Å²) >= 11 is 0. The van der Waals surface area contributed by atoms with Crippen molar-refractivity contribution in [2.24, 2.45) is 0 Å². The highest BCUT2D eigenvalue weighted by molar-refractivity contribution is 5.76. The van der Waals surface area contributed by atoms with Crippen molar-refractivity contribution in [2.45, 2.75) is 376 Å². The minimum atomic E-state index is -1.79. The Labute approximate surface area is 518 Å². The summed E-state index contributed by atoms with van der Waals surface area (Å²) in [5.74, 6) is -0.250. The average Bonchev–Trinajstić information content (AvgIpc) is 3.66. The third kappa shape index (κ3) is 40.3. The summed E-state index contributed by atoms with van der Waals surface area (Å²) in [5, 5.41) is 87.1. The van der Waals surface area contributed by atoms with Crippen molar-refractivity contribution in [1.29, 1.82) is 0 Å². The van der Waals surface area contributed by atoms with Crippen molar-refractivity contribution in [3.63, 3.8) is 0 Å². The number of carbonyl (C=O) groups excluding carboxylic acids is 1. The molecule has 0 saturated carbocycles. The lowest BCUT2D eigenvalue weighted by Gasteiger charge is -2.46. The molecule has 12 atom stereocenters. The van der Waals surface area contributed by atoms with Crippen LogP contribution in [0.1, 0.15) is 303 Å². The van der Waals surface area contributed by atoms with Gasteiger partial charge in [0, 0.05) is 6.42 Å². The van der Waals surface area contributed by atoms with Crippen LogP contribution in [0.15, 0.2) is 48.6 Å². The molecule has 2 rings (SSSR count). The minimum absolute atomic E-state index is 0.250. The maximum Gasteiger partial charge on any atom is 0.220 e. The summed E-state index contributed by atoms with van der Waals surface area (Å²) in [6.07, 6.45) is 56.5. The Kier molecular flexibility index (Phi) is 52.1. The first-order chi connectivity index (χ1) is 41.6. The Bertz CT molecular complexity index is 1610. The van der Waals surface area contributed by atoms with Crippen molar-refractivity contribution in [3.05, 3.63) is 48.6 Å². The molecule has 0 bridgehead atoms. The molecule has 0 aliphatic carbocycles. The zero-order valence-corrected chi connectivity index (χ0v) is 54.1. The Morgan fingerprint density at radius 2 is 0.765 bits per heavy atom. The first-order valence-electron chi connectivity index (χ1n) is 35.4. The maximum atomic E-state index is 13.3. The SMILES string of the molecule is CCCC/C=C/CC/C=C/CC/C=C/C(O)C(COC1OC(CO)C(OC2OC(CO)C(O)C(O)C2O)C(O)C1O)NC(=O)CCCCCCCCCCCCCCCCCCCCCCCCCCCCC/C=C\CCCCCCCCCC. The first-order valence-corrected chi connectivity index (χ1v) is 35.4. The molecule has 498 valence electrons. The summed E-state index contributed by atoms with van der Waals surface area (Å²) < 4.78 is 22.8. The lowest BCUT2D eigenvalue weighted by molar-refractivity contribution is -0.359. The van der Waals surface area contributed by atoms with Crippen LogP contribution in [0.5, 0.6) is 0 Å². The predicted octanol–water partition coefficient (Wildman–Crippen LogP) is 14.3. The van der Waals surface area contributed by atoms with E-state index in [0.29, 0.717) is 12.8 Å². The molecule has 2 heterocycles. The van der Waals surface area contributed by atoms with Crippen LogP contribution < -0.4 is 5.32 Å². The highest BCUT2D eigenvalue weighted by Crippen LogP contribution is 2.30. The van der Waals surface area contributed by atoms with Gasteiger partial charge in [-0.2, -0.15) is 0 Å². The van der Waals surface area contributed by atoms with E-state index < -0.39 is 86.8 Å². The van der Waals surface area contributed by atoms with E-state index in [1.165, 1.54) is 225 Å². The third-order valence-corrected chi connectivity index (χ3v) is 17.2. The van der Waals surface area contributed by atoms with Gasteiger partial charge in [0.2, 0.25) is 5.91 Å². The second-order valence-electron chi connectivity index (χ2n) is 25.0.